The van der Waals surface area contributed by atoms with Crippen molar-refractivity contribution in [2.45, 2.75) is 12.7 Å². The number of nitrogens with zero attached hydrogens (tertiary/aromatic N) is 5. The van der Waals surface area contributed by atoms with Gasteiger partial charge in [0.2, 0.25) is 0 Å². The van der Waals surface area contributed by atoms with E-state index in [2.05, 4.69) is 19.9 Å². The van der Waals surface area contributed by atoms with E-state index in [1.807, 2.05) is 24.3 Å². The fourth-order valence-corrected chi connectivity index (χ4v) is 2.74. The maximum Gasteiger partial charge on any atom is 0.433 e. The fourth-order valence-electron chi connectivity index (χ4n) is 2.74. The van der Waals surface area contributed by atoms with Crippen molar-refractivity contribution in [1.82, 2.24) is 24.5 Å². The van der Waals surface area contributed by atoms with Gasteiger partial charge in [-0.2, -0.15) is 13.2 Å². The predicted molar refractivity (Wildman–Crippen MR) is 95.7 cm³/mol. The van der Waals surface area contributed by atoms with Crippen molar-refractivity contribution in [3.63, 3.8) is 0 Å². The van der Waals surface area contributed by atoms with Crippen LogP contribution in [0.3, 0.4) is 0 Å². The van der Waals surface area contributed by atoms with Gasteiger partial charge in [-0.25, -0.2) is 19.9 Å². The van der Waals surface area contributed by atoms with Crippen LogP contribution in [0.4, 0.5) is 13.2 Å². The van der Waals surface area contributed by atoms with E-state index in [-0.39, 0.29) is 11.5 Å². The monoisotopic (exact) mass is 385 g/mol. The Morgan fingerprint density at radius 1 is 1.00 bits per heavy atom. The third-order valence-corrected chi connectivity index (χ3v) is 4.14. The van der Waals surface area contributed by atoms with E-state index in [9.17, 15) is 13.2 Å². The highest BCUT2D eigenvalue weighted by Gasteiger charge is 2.32. The molecule has 4 aromatic rings. The first-order valence-corrected chi connectivity index (χ1v) is 8.29. The molecule has 0 amide bonds. The van der Waals surface area contributed by atoms with Crippen molar-refractivity contribution in [1.29, 1.82) is 0 Å². The molecule has 0 fully saturated rings. The first kappa shape index (κ1) is 17.9. The molecule has 3 heterocycles. The van der Waals surface area contributed by atoms with Crippen LogP contribution in [-0.4, -0.2) is 31.6 Å². The van der Waals surface area contributed by atoms with Crippen molar-refractivity contribution in [3.8, 4) is 17.3 Å². The molecule has 28 heavy (non-hydrogen) atoms. The quantitative estimate of drug-likeness (QED) is 0.532. The highest BCUT2D eigenvalue weighted by Crippen LogP contribution is 2.29. The zero-order chi connectivity index (χ0) is 19.7. The van der Waals surface area contributed by atoms with Crippen LogP contribution >= 0.6 is 0 Å². The van der Waals surface area contributed by atoms with Crippen LogP contribution in [0.15, 0.2) is 55.0 Å². The first-order valence-electron chi connectivity index (χ1n) is 8.29. The number of methoxy groups -OCH3 is 1. The van der Waals surface area contributed by atoms with E-state index < -0.39 is 11.9 Å². The van der Waals surface area contributed by atoms with Gasteiger partial charge in [0.05, 0.1) is 26.2 Å². The largest absolute Gasteiger partial charge is 0.497 e. The number of alkyl halides is 3. The molecule has 142 valence electrons. The summed E-state index contributed by atoms with van der Waals surface area (Å²) in [5, 5.41) is 0. The summed E-state index contributed by atoms with van der Waals surface area (Å²) in [5.41, 5.74) is 1.12. The minimum atomic E-state index is -4.53. The molecule has 0 unspecified atom stereocenters. The number of hydrogen-bond donors (Lipinski definition) is 0. The number of pyridine rings is 1. The minimum absolute atomic E-state index is 0.0499. The van der Waals surface area contributed by atoms with Crippen molar-refractivity contribution >= 4 is 11.2 Å². The SMILES string of the molecule is COc1ccc(Cn2cnc3cnc(-c4cccc(C(F)(F)F)n4)nc32)cc1. The van der Waals surface area contributed by atoms with Crippen molar-refractivity contribution in [3.05, 3.63) is 66.2 Å². The number of aromatic nitrogens is 5. The Kier molecular flexibility index (Phi) is 4.42. The average molecular weight is 385 g/mol. The summed E-state index contributed by atoms with van der Waals surface area (Å²) < 4.78 is 45.7. The first-order chi connectivity index (χ1) is 13.4. The number of imidazole rings is 1. The summed E-state index contributed by atoms with van der Waals surface area (Å²) in [6, 6.07) is 11.2. The molecule has 0 aliphatic carbocycles. The smallest absolute Gasteiger partial charge is 0.433 e. The molecule has 9 heteroatoms. The molecule has 0 N–H and O–H groups in total. The summed E-state index contributed by atoms with van der Waals surface area (Å²) in [6.45, 7) is 0.493. The summed E-state index contributed by atoms with van der Waals surface area (Å²) in [4.78, 5) is 16.4. The minimum Gasteiger partial charge on any atom is -0.497 e. The zero-order valence-electron chi connectivity index (χ0n) is 14.7. The van der Waals surface area contributed by atoms with Crippen molar-refractivity contribution < 1.29 is 17.9 Å². The molecule has 0 radical (unpaired) electrons. The van der Waals surface area contributed by atoms with Gasteiger partial charge in [0.1, 0.15) is 22.7 Å². The van der Waals surface area contributed by atoms with Gasteiger partial charge in [-0.05, 0) is 29.8 Å². The van der Waals surface area contributed by atoms with Crippen molar-refractivity contribution in [2.24, 2.45) is 0 Å². The lowest BCUT2D eigenvalue weighted by atomic mass is 10.2. The van der Waals surface area contributed by atoms with Crippen LogP contribution in [0.1, 0.15) is 11.3 Å². The topological polar surface area (TPSA) is 65.7 Å². The van der Waals surface area contributed by atoms with Crippen LogP contribution < -0.4 is 4.74 Å². The number of fused-ring (bicyclic) bond motifs is 1. The number of benzene rings is 1. The average Bonchev–Trinajstić information content (AvgIpc) is 3.10. The van der Waals surface area contributed by atoms with Crippen LogP contribution in [-0.2, 0) is 12.7 Å². The number of ether oxygens (including phenoxy) is 1. The Balaban J connectivity index is 1.70. The lowest BCUT2D eigenvalue weighted by Crippen LogP contribution is -2.08. The lowest BCUT2D eigenvalue weighted by Gasteiger charge is -2.08. The Morgan fingerprint density at radius 2 is 1.79 bits per heavy atom. The molecular formula is C19H14F3N5O. The molecule has 1 aromatic carbocycles. The van der Waals surface area contributed by atoms with Crippen LogP contribution in [0.5, 0.6) is 5.75 Å². The van der Waals surface area contributed by atoms with Crippen molar-refractivity contribution in [2.75, 3.05) is 7.11 Å². The summed E-state index contributed by atoms with van der Waals surface area (Å²) in [6.07, 6.45) is -1.44. The molecule has 0 aliphatic heterocycles. The third kappa shape index (κ3) is 3.51. The van der Waals surface area contributed by atoms with E-state index in [0.717, 1.165) is 17.4 Å². The molecule has 6 nitrogen and oxygen atoms in total. The summed E-state index contributed by atoms with van der Waals surface area (Å²) in [7, 11) is 1.60. The fraction of sp³-hybridized carbons (Fsp3) is 0.158. The molecule has 0 atom stereocenters. The van der Waals surface area contributed by atoms with Gasteiger partial charge in [-0.15, -0.1) is 0 Å². The summed E-state index contributed by atoms with van der Waals surface area (Å²) in [5.74, 6) is 0.856. The van der Waals surface area contributed by atoms with E-state index >= 15 is 0 Å². The van der Waals surface area contributed by atoms with Gasteiger partial charge >= 0.3 is 6.18 Å². The molecule has 0 aliphatic rings. The molecule has 0 saturated carbocycles. The zero-order valence-corrected chi connectivity index (χ0v) is 14.7. The summed E-state index contributed by atoms with van der Waals surface area (Å²) >= 11 is 0. The van der Waals surface area contributed by atoms with Gasteiger partial charge in [0, 0.05) is 0 Å². The highest BCUT2D eigenvalue weighted by molar-refractivity contribution is 5.72. The predicted octanol–water partition coefficient (Wildman–Crippen LogP) is 3.96. The Hall–Kier alpha value is -3.49. The van der Waals surface area contributed by atoms with Gasteiger partial charge < -0.3 is 9.30 Å². The maximum atomic E-state index is 12.9. The van der Waals surface area contributed by atoms with Gasteiger partial charge in [0.15, 0.2) is 11.5 Å². The second-order valence-electron chi connectivity index (χ2n) is 6.03. The van der Waals surface area contributed by atoms with E-state index in [0.29, 0.717) is 17.7 Å². The highest BCUT2D eigenvalue weighted by atomic mass is 19.4. The molecule has 4 rings (SSSR count). The molecular weight excluding hydrogens is 371 g/mol. The Labute approximate surface area is 157 Å². The number of hydrogen-bond acceptors (Lipinski definition) is 5. The second kappa shape index (κ2) is 6.91. The van der Waals surface area contributed by atoms with E-state index in [1.165, 1.54) is 18.3 Å². The molecule has 3 aromatic heterocycles. The third-order valence-electron chi connectivity index (χ3n) is 4.14. The van der Waals surface area contributed by atoms with Crippen LogP contribution in [0.25, 0.3) is 22.7 Å². The Bertz CT molecular complexity index is 1120. The van der Waals surface area contributed by atoms with Crippen LogP contribution in [0, 0.1) is 0 Å². The van der Waals surface area contributed by atoms with Gasteiger partial charge in [0.25, 0.3) is 0 Å². The molecule has 0 saturated heterocycles. The second-order valence-corrected chi connectivity index (χ2v) is 6.03. The van der Waals surface area contributed by atoms with Crippen LogP contribution in [0.2, 0.25) is 0 Å². The molecule has 0 spiro atoms. The molecule has 0 bridgehead atoms. The lowest BCUT2D eigenvalue weighted by molar-refractivity contribution is -0.141. The maximum absolute atomic E-state index is 12.9. The normalized spacial score (nSPS) is 11.7. The number of rotatable bonds is 4. The van der Waals surface area contributed by atoms with Gasteiger partial charge in [-0.1, -0.05) is 18.2 Å². The van der Waals surface area contributed by atoms with E-state index in [4.69, 9.17) is 4.74 Å². The standard InChI is InChI=1S/C19H14F3N5O/c1-28-13-7-5-12(6-8-13)10-27-11-24-15-9-23-17(26-18(15)27)14-3-2-4-16(25-14)19(20,21)22/h2-9,11H,10H2,1H3. The number of halogens is 3. The van der Waals surface area contributed by atoms with E-state index in [1.54, 1.807) is 18.0 Å². The van der Waals surface area contributed by atoms with Gasteiger partial charge in [-0.3, -0.25) is 0 Å². The Morgan fingerprint density at radius 3 is 2.50 bits per heavy atom.